The summed E-state index contributed by atoms with van der Waals surface area (Å²) < 4.78 is 5.58. The molecular formula is C13H13N3O2. The molecule has 18 heavy (non-hydrogen) atoms. The number of nitrogens with one attached hydrogen (secondary N) is 1. The van der Waals surface area contributed by atoms with Gasteiger partial charge in [0.25, 0.3) is 5.56 Å². The normalized spacial score (nSPS) is 17.3. The van der Waals surface area contributed by atoms with Crippen molar-refractivity contribution in [1.82, 2.24) is 9.97 Å². The second-order valence-electron chi connectivity index (χ2n) is 4.23. The van der Waals surface area contributed by atoms with Crippen molar-refractivity contribution in [3.05, 3.63) is 57.8 Å². The highest BCUT2D eigenvalue weighted by Crippen LogP contribution is 2.35. The fourth-order valence-corrected chi connectivity index (χ4v) is 2.15. The fourth-order valence-electron chi connectivity index (χ4n) is 2.15. The van der Waals surface area contributed by atoms with Gasteiger partial charge in [-0.1, -0.05) is 18.2 Å². The summed E-state index contributed by atoms with van der Waals surface area (Å²) in [5.41, 5.74) is 6.82. The smallest absolute Gasteiger partial charge is 0.255 e. The predicted octanol–water partition coefficient (Wildman–Crippen LogP) is 0.753. The highest BCUT2D eigenvalue weighted by atomic mass is 16.5. The van der Waals surface area contributed by atoms with Gasteiger partial charge in [0.1, 0.15) is 18.2 Å². The lowest BCUT2D eigenvalue weighted by atomic mass is 10.0. The molecular weight excluding hydrogens is 230 g/mol. The van der Waals surface area contributed by atoms with Crippen LogP contribution in [-0.2, 0) is 6.54 Å². The molecule has 0 bridgehead atoms. The molecule has 1 aliphatic heterocycles. The van der Waals surface area contributed by atoms with Gasteiger partial charge in [0, 0.05) is 23.9 Å². The Kier molecular flexibility index (Phi) is 2.60. The third kappa shape index (κ3) is 1.69. The summed E-state index contributed by atoms with van der Waals surface area (Å²) in [6.07, 6.45) is 1.54. The number of rotatable bonds is 2. The van der Waals surface area contributed by atoms with Crippen molar-refractivity contribution in [3.63, 3.8) is 0 Å². The van der Waals surface area contributed by atoms with Gasteiger partial charge in [-0.2, -0.15) is 0 Å². The van der Waals surface area contributed by atoms with Gasteiger partial charge in [0.15, 0.2) is 0 Å². The van der Waals surface area contributed by atoms with Crippen LogP contribution < -0.4 is 16.0 Å². The van der Waals surface area contributed by atoms with E-state index in [0.717, 1.165) is 11.3 Å². The molecule has 0 fully saturated rings. The molecule has 0 radical (unpaired) electrons. The zero-order chi connectivity index (χ0) is 12.5. The van der Waals surface area contributed by atoms with Gasteiger partial charge in [0.05, 0.1) is 5.92 Å². The van der Waals surface area contributed by atoms with E-state index < -0.39 is 0 Å². The monoisotopic (exact) mass is 243 g/mol. The third-order valence-corrected chi connectivity index (χ3v) is 3.14. The summed E-state index contributed by atoms with van der Waals surface area (Å²) in [6, 6.07) is 7.79. The molecule has 1 aromatic heterocycles. The Bertz CT molecular complexity index is 636. The number of benzene rings is 1. The Morgan fingerprint density at radius 3 is 3.06 bits per heavy atom. The molecule has 0 spiro atoms. The van der Waals surface area contributed by atoms with Crippen LogP contribution in [0.4, 0.5) is 0 Å². The SMILES string of the molecule is NCc1cnc(C2COc3ccccc32)[nH]c1=O. The van der Waals surface area contributed by atoms with Gasteiger partial charge in [-0.15, -0.1) is 0 Å². The Labute approximate surface area is 104 Å². The van der Waals surface area contributed by atoms with Crippen LogP contribution >= 0.6 is 0 Å². The van der Waals surface area contributed by atoms with Crippen molar-refractivity contribution in [2.24, 2.45) is 5.73 Å². The van der Waals surface area contributed by atoms with Crippen LogP contribution in [0.25, 0.3) is 0 Å². The number of ether oxygens (including phenoxy) is 1. The van der Waals surface area contributed by atoms with Crippen LogP contribution in [0.2, 0.25) is 0 Å². The Morgan fingerprint density at radius 1 is 1.44 bits per heavy atom. The predicted molar refractivity (Wildman–Crippen MR) is 66.5 cm³/mol. The van der Waals surface area contributed by atoms with Crippen molar-refractivity contribution >= 4 is 0 Å². The van der Waals surface area contributed by atoms with Crippen LogP contribution in [0, 0.1) is 0 Å². The maximum absolute atomic E-state index is 11.7. The van der Waals surface area contributed by atoms with E-state index in [-0.39, 0.29) is 18.0 Å². The number of nitrogens with zero attached hydrogens (tertiary/aromatic N) is 1. The van der Waals surface area contributed by atoms with Gasteiger partial charge < -0.3 is 15.5 Å². The summed E-state index contributed by atoms with van der Waals surface area (Å²) in [5, 5.41) is 0. The number of H-pyrrole nitrogens is 1. The van der Waals surface area contributed by atoms with Gasteiger partial charge in [-0.25, -0.2) is 4.98 Å². The van der Waals surface area contributed by atoms with Crippen molar-refractivity contribution in [2.45, 2.75) is 12.5 Å². The topological polar surface area (TPSA) is 81.0 Å². The summed E-state index contributed by atoms with van der Waals surface area (Å²) >= 11 is 0. The van der Waals surface area contributed by atoms with E-state index in [4.69, 9.17) is 10.5 Å². The van der Waals surface area contributed by atoms with Crippen LogP contribution in [0.5, 0.6) is 5.75 Å². The molecule has 2 aromatic rings. The molecule has 5 nitrogen and oxygen atoms in total. The first-order chi connectivity index (χ1) is 8.79. The second kappa shape index (κ2) is 4.27. The van der Waals surface area contributed by atoms with Gasteiger partial charge in [-0.05, 0) is 6.07 Å². The minimum absolute atomic E-state index is 0.0132. The molecule has 1 aliphatic rings. The number of hydrogen-bond acceptors (Lipinski definition) is 4. The molecule has 1 aromatic carbocycles. The molecule has 1 unspecified atom stereocenters. The number of aromatic amines is 1. The molecule has 1 atom stereocenters. The lowest BCUT2D eigenvalue weighted by molar-refractivity contribution is 0.339. The lowest BCUT2D eigenvalue weighted by Crippen LogP contribution is -2.21. The summed E-state index contributed by atoms with van der Waals surface area (Å²) in [6.45, 7) is 0.699. The van der Waals surface area contributed by atoms with Gasteiger partial charge in [-0.3, -0.25) is 4.79 Å². The highest BCUT2D eigenvalue weighted by Gasteiger charge is 2.27. The molecule has 3 N–H and O–H groups in total. The minimum atomic E-state index is -0.174. The van der Waals surface area contributed by atoms with E-state index in [1.807, 2.05) is 24.3 Å². The molecule has 0 saturated heterocycles. The van der Waals surface area contributed by atoms with Crippen molar-refractivity contribution in [1.29, 1.82) is 0 Å². The van der Waals surface area contributed by atoms with Crippen LogP contribution in [0.1, 0.15) is 22.9 Å². The van der Waals surface area contributed by atoms with Crippen LogP contribution in [0.15, 0.2) is 35.3 Å². The molecule has 5 heteroatoms. The fraction of sp³-hybridized carbons (Fsp3) is 0.231. The average molecular weight is 243 g/mol. The van der Waals surface area contributed by atoms with E-state index in [1.54, 1.807) is 0 Å². The van der Waals surface area contributed by atoms with Crippen molar-refractivity contribution in [2.75, 3.05) is 6.61 Å². The van der Waals surface area contributed by atoms with E-state index >= 15 is 0 Å². The summed E-state index contributed by atoms with van der Waals surface area (Å²) in [4.78, 5) is 18.8. The standard InChI is InChI=1S/C13H13N3O2/c14-5-8-6-15-12(16-13(8)17)10-7-18-11-4-2-1-3-9(10)11/h1-4,6,10H,5,7,14H2,(H,15,16,17). The molecule has 0 amide bonds. The Hall–Kier alpha value is -2.14. The quantitative estimate of drug-likeness (QED) is 0.815. The van der Waals surface area contributed by atoms with Gasteiger partial charge >= 0.3 is 0 Å². The lowest BCUT2D eigenvalue weighted by Gasteiger charge is -2.08. The third-order valence-electron chi connectivity index (χ3n) is 3.14. The first-order valence-corrected chi connectivity index (χ1v) is 5.79. The number of fused-ring (bicyclic) bond motifs is 1. The van der Waals surface area contributed by atoms with Crippen molar-refractivity contribution in [3.8, 4) is 5.75 Å². The second-order valence-corrected chi connectivity index (χ2v) is 4.23. The average Bonchev–Trinajstić information content (AvgIpc) is 2.82. The number of aromatic nitrogens is 2. The summed E-state index contributed by atoms with van der Waals surface area (Å²) in [5.74, 6) is 1.47. The molecule has 0 aliphatic carbocycles. The zero-order valence-corrected chi connectivity index (χ0v) is 9.72. The first-order valence-electron chi connectivity index (χ1n) is 5.79. The van der Waals surface area contributed by atoms with Crippen LogP contribution in [0.3, 0.4) is 0 Å². The number of nitrogens with two attached hydrogens (primary N) is 1. The number of para-hydroxylation sites is 1. The van der Waals surface area contributed by atoms with Crippen LogP contribution in [-0.4, -0.2) is 16.6 Å². The molecule has 92 valence electrons. The zero-order valence-electron chi connectivity index (χ0n) is 9.72. The molecule has 0 saturated carbocycles. The Morgan fingerprint density at radius 2 is 2.28 bits per heavy atom. The first kappa shape index (κ1) is 11.0. The molecule has 2 heterocycles. The highest BCUT2D eigenvalue weighted by molar-refractivity contribution is 5.42. The van der Waals surface area contributed by atoms with E-state index in [1.165, 1.54) is 6.20 Å². The van der Waals surface area contributed by atoms with Gasteiger partial charge in [0.2, 0.25) is 0 Å². The van der Waals surface area contributed by atoms with E-state index in [9.17, 15) is 4.79 Å². The summed E-state index contributed by atoms with van der Waals surface area (Å²) in [7, 11) is 0. The Balaban J connectivity index is 2.03. The van der Waals surface area contributed by atoms with E-state index in [0.29, 0.717) is 18.0 Å². The van der Waals surface area contributed by atoms with E-state index in [2.05, 4.69) is 9.97 Å². The maximum Gasteiger partial charge on any atom is 0.255 e. The maximum atomic E-state index is 11.7. The van der Waals surface area contributed by atoms with Crippen molar-refractivity contribution < 1.29 is 4.74 Å². The molecule has 3 rings (SSSR count). The largest absolute Gasteiger partial charge is 0.492 e. The number of hydrogen-bond donors (Lipinski definition) is 2. The minimum Gasteiger partial charge on any atom is -0.492 e.